The number of nitrogens with one attached hydrogen (secondary N) is 2. The molecule has 0 spiro atoms. The van der Waals surface area contributed by atoms with Crippen molar-refractivity contribution in [3.63, 3.8) is 0 Å². The Morgan fingerprint density at radius 1 is 1.07 bits per heavy atom. The highest BCUT2D eigenvalue weighted by atomic mass is 19.1. The first-order valence-corrected chi connectivity index (χ1v) is 9.52. The van der Waals surface area contributed by atoms with Crippen molar-refractivity contribution in [3.05, 3.63) is 71.0 Å². The fourth-order valence-electron chi connectivity index (χ4n) is 3.22. The van der Waals surface area contributed by atoms with Gasteiger partial charge in [0.05, 0.1) is 6.61 Å². The molecule has 1 fully saturated rings. The minimum Gasteiger partial charge on any atom is -0.377 e. The average Bonchev–Trinajstić information content (AvgIpc) is 3.48. The molecule has 0 aromatic heterocycles. The molecule has 0 heterocycles. The summed E-state index contributed by atoms with van der Waals surface area (Å²) in [7, 11) is 1.75. The minimum atomic E-state index is -0.119. The second-order valence-corrected chi connectivity index (χ2v) is 6.99. The van der Waals surface area contributed by atoms with Gasteiger partial charge in [0.1, 0.15) is 5.82 Å². The van der Waals surface area contributed by atoms with Gasteiger partial charge in [-0.3, -0.25) is 4.99 Å². The van der Waals surface area contributed by atoms with Crippen LogP contribution in [0.1, 0.15) is 36.5 Å². The normalized spacial score (nSPS) is 15.4. The molecule has 0 amide bonds. The summed E-state index contributed by atoms with van der Waals surface area (Å²) in [6, 6.07) is 15.4. The van der Waals surface area contributed by atoms with E-state index in [1.807, 2.05) is 19.1 Å². The number of hydrogen-bond acceptors (Lipinski definition) is 2. The highest BCUT2D eigenvalue weighted by molar-refractivity contribution is 5.79. The molecule has 0 unspecified atom stereocenters. The first kappa shape index (κ1) is 19.4. The molecule has 1 saturated carbocycles. The molecule has 0 saturated heterocycles. The Labute approximate surface area is 160 Å². The maximum Gasteiger partial charge on any atom is 0.191 e. The third-order valence-corrected chi connectivity index (χ3v) is 5.07. The third-order valence-electron chi connectivity index (χ3n) is 5.07. The van der Waals surface area contributed by atoms with Crippen molar-refractivity contribution in [2.24, 2.45) is 4.99 Å². The lowest BCUT2D eigenvalue weighted by atomic mass is 9.95. The third kappa shape index (κ3) is 5.07. The smallest absolute Gasteiger partial charge is 0.191 e. The summed E-state index contributed by atoms with van der Waals surface area (Å²) in [5.41, 5.74) is 3.04. The average molecular weight is 369 g/mol. The molecule has 0 aliphatic heterocycles. The van der Waals surface area contributed by atoms with Crippen LogP contribution in [0.2, 0.25) is 0 Å². The number of halogens is 1. The number of benzene rings is 2. The number of guanidine groups is 1. The van der Waals surface area contributed by atoms with Crippen molar-refractivity contribution in [2.75, 3.05) is 20.2 Å². The van der Waals surface area contributed by atoms with E-state index in [1.165, 1.54) is 17.2 Å². The van der Waals surface area contributed by atoms with Gasteiger partial charge in [-0.05, 0) is 42.5 Å². The van der Waals surface area contributed by atoms with Crippen LogP contribution in [0.25, 0.3) is 0 Å². The van der Waals surface area contributed by atoms with Gasteiger partial charge < -0.3 is 15.4 Å². The topological polar surface area (TPSA) is 45.6 Å². The highest BCUT2D eigenvalue weighted by Gasteiger charge is 2.45. The van der Waals surface area contributed by atoms with Gasteiger partial charge in [-0.15, -0.1) is 0 Å². The van der Waals surface area contributed by atoms with Crippen molar-refractivity contribution in [3.8, 4) is 0 Å². The summed E-state index contributed by atoms with van der Waals surface area (Å²) in [4.78, 5) is 4.29. The molecule has 5 heteroatoms. The second-order valence-electron chi connectivity index (χ2n) is 6.99. The van der Waals surface area contributed by atoms with Gasteiger partial charge in [0.25, 0.3) is 0 Å². The lowest BCUT2D eigenvalue weighted by Gasteiger charge is -2.19. The van der Waals surface area contributed by atoms with Gasteiger partial charge in [0, 0.05) is 32.2 Å². The van der Waals surface area contributed by atoms with Gasteiger partial charge in [0.2, 0.25) is 0 Å². The van der Waals surface area contributed by atoms with E-state index < -0.39 is 0 Å². The van der Waals surface area contributed by atoms with E-state index in [9.17, 15) is 4.39 Å². The lowest BCUT2D eigenvalue weighted by Crippen LogP contribution is -2.41. The minimum absolute atomic E-state index is 0.107. The summed E-state index contributed by atoms with van der Waals surface area (Å²) in [5.74, 6) is 0.614. The molecular formula is C22H28FN3O. The zero-order valence-corrected chi connectivity index (χ0v) is 16.1. The van der Waals surface area contributed by atoms with Gasteiger partial charge in [0.15, 0.2) is 5.96 Å². The van der Waals surface area contributed by atoms with E-state index in [0.717, 1.165) is 31.0 Å². The predicted molar refractivity (Wildman–Crippen MR) is 107 cm³/mol. The Bertz CT molecular complexity index is 769. The molecular weight excluding hydrogens is 341 g/mol. The Balaban J connectivity index is 1.51. The molecule has 27 heavy (non-hydrogen) atoms. The number of rotatable bonds is 8. The summed E-state index contributed by atoms with van der Waals surface area (Å²) in [5, 5.41) is 6.69. The van der Waals surface area contributed by atoms with Crippen molar-refractivity contribution >= 4 is 5.96 Å². The largest absolute Gasteiger partial charge is 0.377 e. The fourth-order valence-corrected chi connectivity index (χ4v) is 3.22. The maximum atomic E-state index is 14.1. The van der Waals surface area contributed by atoms with E-state index in [-0.39, 0.29) is 11.2 Å². The molecule has 0 radical (unpaired) electrons. The highest BCUT2D eigenvalue weighted by Crippen LogP contribution is 2.48. The van der Waals surface area contributed by atoms with Crippen molar-refractivity contribution in [1.29, 1.82) is 0 Å². The molecule has 3 rings (SSSR count). The predicted octanol–water partition coefficient (Wildman–Crippen LogP) is 3.76. The molecule has 2 aromatic rings. The molecule has 1 aliphatic rings. The van der Waals surface area contributed by atoms with Crippen LogP contribution in [-0.4, -0.2) is 26.2 Å². The quantitative estimate of drug-likeness (QED) is 0.550. The molecule has 4 nitrogen and oxygen atoms in total. The lowest BCUT2D eigenvalue weighted by molar-refractivity contribution is 0.134. The van der Waals surface area contributed by atoms with E-state index >= 15 is 0 Å². The molecule has 0 bridgehead atoms. The van der Waals surface area contributed by atoms with Crippen LogP contribution >= 0.6 is 0 Å². The van der Waals surface area contributed by atoms with Crippen molar-refractivity contribution < 1.29 is 9.13 Å². The molecule has 2 aromatic carbocycles. The van der Waals surface area contributed by atoms with Crippen LogP contribution in [0.15, 0.2) is 53.5 Å². The Morgan fingerprint density at radius 2 is 1.78 bits per heavy atom. The van der Waals surface area contributed by atoms with E-state index in [1.54, 1.807) is 13.1 Å². The SMILES string of the molecule is CCOCc1ccc(CNC(=NC)NCC2(c3ccccc3F)CC2)cc1. The second kappa shape index (κ2) is 9.00. The van der Waals surface area contributed by atoms with Gasteiger partial charge in [-0.1, -0.05) is 42.5 Å². The van der Waals surface area contributed by atoms with Gasteiger partial charge in [-0.25, -0.2) is 4.39 Å². The van der Waals surface area contributed by atoms with Crippen molar-refractivity contribution in [2.45, 2.75) is 38.3 Å². The Hall–Kier alpha value is -2.40. The Kier molecular flexibility index (Phi) is 6.45. The number of ether oxygens (including phenoxy) is 1. The first-order valence-electron chi connectivity index (χ1n) is 9.52. The van der Waals surface area contributed by atoms with E-state index in [4.69, 9.17) is 4.74 Å². The van der Waals surface area contributed by atoms with Crippen LogP contribution in [0.4, 0.5) is 4.39 Å². The summed E-state index contributed by atoms with van der Waals surface area (Å²) >= 11 is 0. The number of hydrogen-bond donors (Lipinski definition) is 2. The molecule has 144 valence electrons. The van der Waals surface area contributed by atoms with Crippen LogP contribution in [0.5, 0.6) is 0 Å². The van der Waals surface area contributed by atoms with Crippen LogP contribution in [0.3, 0.4) is 0 Å². The zero-order chi connectivity index (χ0) is 19.1. The standard InChI is InChI=1S/C22H28FN3O/c1-3-27-15-18-10-8-17(9-11-18)14-25-21(24-2)26-16-22(12-13-22)19-6-4-5-7-20(19)23/h4-11H,3,12-16H2,1-2H3,(H2,24,25,26). The van der Waals surface area contributed by atoms with Gasteiger partial charge >= 0.3 is 0 Å². The van der Waals surface area contributed by atoms with Crippen molar-refractivity contribution in [1.82, 2.24) is 10.6 Å². The number of aliphatic imine (C=N–C) groups is 1. The Morgan fingerprint density at radius 3 is 2.41 bits per heavy atom. The maximum absolute atomic E-state index is 14.1. The van der Waals surface area contributed by atoms with Crippen LogP contribution < -0.4 is 10.6 Å². The fraction of sp³-hybridized carbons (Fsp3) is 0.409. The summed E-state index contributed by atoms with van der Waals surface area (Å²) in [6.45, 7) is 4.72. The molecule has 1 aliphatic carbocycles. The van der Waals surface area contributed by atoms with Crippen LogP contribution in [-0.2, 0) is 23.3 Å². The summed E-state index contributed by atoms with van der Waals surface area (Å²) in [6.07, 6.45) is 2.00. The van der Waals surface area contributed by atoms with Gasteiger partial charge in [-0.2, -0.15) is 0 Å². The number of nitrogens with zero attached hydrogens (tertiary/aromatic N) is 1. The summed E-state index contributed by atoms with van der Waals surface area (Å²) < 4.78 is 19.5. The van der Waals surface area contributed by atoms with E-state index in [2.05, 4.69) is 39.9 Å². The molecule has 0 atom stereocenters. The van der Waals surface area contributed by atoms with E-state index in [0.29, 0.717) is 19.7 Å². The zero-order valence-electron chi connectivity index (χ0n) is 16.1. The molecule has 2 N–H and O–H groups in total. The van der Waals surface area contributed by atoms with Crippen LogP contribution in [0, 0.1) is 5.82 Å². The monoisotopic (exact) mass is 369 g/mol. The first-order chi connectivity index (χ1) is 13.2.